The fourth-order valence-corrected chi connectivity index (χ4v) is 10.6. The lowest BCUT2D eigenvalue weighted by Gasteiger charge is -2.42. The molecule has 1 atom stereocenters. The Morgan fingerprint density at radius 3 is 1.87 bits per heavy atom. The van der Waals surface area contributed by atoms with Crippen molar-refractivity contribution in [2.75, 3.05) is 13.7 Å². The summed E-state index contributed by atoms with van der Waals surface area (Å²) in [6.07, 6.45) is 1.74. The molecule has 0 aliphatic carbocycles. The number of ether oxygens (including phenoxy) is 2. The van der Waals surface area contributed by atoms with Crippen molar-refractivity contribution in [3.8, 4) is 17.2 Å². The van der Waals surface area contributed by atoms with Crippen molar-refractivity contribution in [2.24, 2.45) is 0 Å². The summed E-state index contributed by atoms with van der Waals surface area (Å²) in [4.78, 5) is 0. The first-order chi connectivity index (χ1) is 14.4. The van der Waals surface area contributed by atoms with Crippen molar-refractivity contribution in [2.45, 2.75) is 103 Å². The maximum Gasteiger partial charge on any atom is 0.200 e. The molecule has 0 radical (unpaired) electrons. The number of hydrogen-bond donors (Lipinski definition) is 0. The number of rotatable bonds is 12. The van der Waals surface area contributed by atoms with E-state index in [2.05, 4.69) is 84.8 Å². The largest absolute Gasteiger partial charge is 0.497 e. The van der Waals surface area contributed by atoms with Crippen molar-refractivity contribution in [1.82, 2.24) is 0 Å². The normalized spacial score (nSPS) is 13.5. The predicted octanol–water partition coefficient (Wildman–Crippen LogP) is 7.43. The van der Waals surface area contributed by atoms with E-state index in [0.29, 0.717) is 23.2 Å². The molecule has 0 heterocycles. The van der Waals surface area contributed by atoms with Gasteiger partial charge in [0.15, 0.2) is 8.32 Å². The number of methoxy groups -OCH3 is 1. The molecular weight excluding hydrogens is 416 g/mol. The molecule has 0 saturated carbocycles. The minimum atomic E-state index is -1.85. The SMILES string of the molecule is COc1ccc(CO[C@@H](CC#C[Si](C)(C)C)CCO[Si](C(C)C)(C(C)C)C(C)C)cc1. The Bertz CT molecular complexity index is 672. The Morgan fingerprint density at radius 2 is 1.42 bits per heavy atom. The van der Waals surface area contributed by atoms with Crippen molar-refractivity contribution in [3.05, 3.63) is 29.8 Å². The fraction of sp³-hybridized carbons (Fsp3) is 0.692. The molecular formula is C26H46O3Si2. The monoisotopic (exact) mass is 462 g/mol. The Balaban J connectivity index is 2.83. The van der Waals surface area contributed by atoms with Crippen molar-refractivity contribution in [1.29, 1.82) is 0 Å². The van der Waals surface area contributed by atoms with Gasteiger partial charge in [-0.3, -0.25) is 0 Å². The van der Waals surface area contributed by atoms with Crippen LogP contribution in [0, 0.1) is 11.5 Å². The van der Waals surface area contributed by atoms with Crippen LogP contribution in [-0.4, -0.2) is 36.2 Å². The van der Waals surface area contributed by atoms with Gasteiger partial charge in [0.05, 0.1) is 19.8 Å². The van der Waals surface area contributed by atoms with Gasteiger partial charge in [0.1, 0.15) is 13.8 Å². The summed E-state index contributed by atoms with van der Waals surface area (Å²) in [6.45, 7) is 22.2. The van der Waals surface area contributed by atoms with Crippen LogP contribution >= 0.6 is 0 Å². The second-order valence-electron chi connectivity index (χ2n) is 10.5. The zero-order valence-electron chi connectivity index (χ0n) is 21.7. The molecule has 176 valence electrons. The van der Waals surface area contributed by atoms with E-state index < -0.39 is 16.4 Å². The molecule has 0 N–H and O–H groups in total. The molecule has 0 aliphatic heterocycles. The molecule has 1 aromatic rings. The highest BCUT2D eigenvalue weighted by atomic mass is 28.4. The van der Waals surface area contributed by atoms with E-state index in [-0.39, 0.29) is 6.10 Å². The van der Waals surface area contributed by atoms with Gasteiger partial charge in [-0.1, -0.05) is 73.3 Å². The van der Waals surface area contributed by atoms with E-state index in [1.54, 1.807) is 7.11 Å². The topological polar surface area (TPSA) is 27.7 Å². The Hall–Kier alpha value is -1.07. The van der Waals surface area contributed by atoms with Crippen LogP contribution in [0.3, 0.4) is 0 Å². The molecule has 0 fully saturated rings. The van der Waals surface area contributed by atoms with Crippen molar-refractivity contribution < 1.29 is 13.9 Å². The van der Waals surface area contributed by atoms with Crippen LogP contribution < -0.4 is 4.74 Å². The van der Waals surface area contributed by atoms with E-state index >= 15 is 0 Å². The molecule has 3 nitrogen and oxygen atoms in total. The maximum atomic E-state index is 6.78. The minimum absolute atomic E-state index is 0.0872. The highest BCUT2D eigenvalue weighted by Gasteiger charge is 2.44. The predicted molar refractivity (Wildman–Crippen MR) is 139 cm³/mol. The summed E-state index contributed by atoms with van der Waals surface area (Å²) < 4.78 is 18.4. The molecule has 1 aromatic carbocycles. The highest BCUT2D eigenvalue weighted by molar-refractivity contribution is 6.83. The van der Waals surface area contributed by atoms with Gasteiger partial charge in [0.2, 0.25) is 0 Å². The molecule has 0 amide bonds. The van der Waals surface area contributed by atoms with Gasteiger partial charge in [-0.25, -0.2) is 0 Å². The Morgan fingerprint density at radius 1 is 0.871 bits per heavy atom. The van der Waals surface area contributed by atoms with Gasteiger partial charge < -0.3 is 13.9 Å². The Kier molecular flexibility index (Phi) is 11.6. The lowest BCUT2D eigenvalue weighted by Crippen LogP contribution is -2.48. The summed E-state index contributed by atoms with van der Waals surface area (Å²) in [6, 6.07) is 8.09. The second kappa shape index (κ2) is 12.8. The van der Waals surface area contributed by atoms with E-state index in [9.17, 15) is 0 Å². The third-order valence-corrected chi connectivity index (χ3v) is 13.0. The average molecular weight is 463 g/mol. The summed E-state index contributed by atoms with van der Waals surface area (Å²) >= 11 is 0. The minimum Gasteiger partial charge on any atom is -0.497 e. The third-order valence-electron chi connectivity index (χ3n) is 5.94. The molecule has 0 aliphatic rings. The van der Waals surface area contributed by atoms with Crippen LogP contribution in [0.5, 0.6) is 5.75 Å². The lowest BCUT2D eigenvalue weighted by atomic mass is 10.2. The average Bonchev–Trinajstić information content (AvgIpc) is 2.67. The standard InChI is InChI=1S/C26H46O3Si2/c1-21(2)31(22(3)4,23(5)6)29-18-17-26(12-11-19-30(8,9)10)28-20-24-13-15-25(27-7)16-14-24/h13-16,21-23,26H,12,17-18,20H2,1-10H3/t26-/m0/s1. The van der Waals surface area contributed by atoms with Crippen LogP contribution in [0.1, 0.15) is 59.9 Å². The number of benzene rings is 1. The molecule has 31 heavy (non-hydrogen) atoms. The first-order valence-corrected chi connectivity index (χ1v) is 17.4. The zero-order valence-corrected chi connectivity index (χ0v) is 23.7. The molecule has 0 saturated heterocycles. The molecule has 0 unspecified atom stereocenters. The van der Waals surface area contributed by atoms with E-state index in [0.717, 1.165) is 30.8 Å². The van der Waals surface area contributed by atoms with E-state index in [4.69, 9.17) is 13.9 Å². The first kappa shape index (κ1) is 28.0. The quantitative estimate of drug-likeness (QED) is 0.239. The summed E-state index contributed by atoms with van der Waals surface area (Å²) in [5, 5.41) is 0. The van der Waals surface area contributed by atoms with Crippen LogP contribution in [0.25, 0.3) is 0 Å². The van der Waals surface area contributed by atoms with Crippen LogP contribution in [-0.2, 0) is 15.8 Å². The van der Waals surface area contributed by atoms with E-state index in [1.807, 2.05) is 12.1 Å². The molecule has 5 heteroatoms. The second-order valence-corrected chi connectivity index (χ2v) is 20.7. The maximum absolute atomic E-state index is 6.78. The number of hydrogen-bond acceptors (Lipinski definition) is 3. The molecule has 0 bridgehead atoms. The lowest BCUT2D eigenvalue weighted by molar-refractivity contribution is 0.0282. The third kappa shape index (κ3) is 9.14. The van der Waals surface area contributed by atoms with Gasteiger partial charge in [-0.2, -0.15) is 0 Å². The highest BCUT2D eigenvalue weighted by Crippen LogP contribution is 2.42. The van der Waals surface area contributed by atoms with E-state index in [1.165, 1.54) is 0 Å². The zero-order chi connectivity index (χ0) is 23.7. The van der Waals surface area contributed by atoms with Crippen molar-refractivity contribution in [3.63, 3.8) is 0 Å². The van der Waals surface area contributed by atoms with Gasteiger partial charge in [0.25, 0.3) is 0 Å². The summed E-state index contributed by atoms with van der Waals surface area (Å²) in [7, 11) is -1.55. The van der Waals surface area contributed by atoms with Gasteiger partial charge >= 0.3 is 0 Å². The molecule has 0 aromatic heterocycles. The smallest absolute Gasteiger partial charge is 0.200 e. The summed E-state index contributed by atoms with van der Waals surface area (Å²) in [5.74, 6) is 4.29. The van der Waals surface area contributed by atoms with Crippen LogP contribution in [0.15, 0.2) is 24.3 Å². The van der Waals surface area contributed by atoms with Gasteiger partial charge in [-0.05, 0) is 40.7 Å². The van der Waals surface area contributed by atoms with Gasteiger partial charge in [0, 0.05) is 13.0 Å². The Labute approximate surface area is 194 Å². The molecule has 0 spiro atoms. The van der Waals surface area contributed by atoms with Crippen LogP contribution in [0.2, 0.25) is 36.3 Å². The summed E-state index contributed by atoms with van der Waals surface area (Å²) in [5.41, 5.74) is 6.43. The first-order valence-electron chi connectivity index (χ1n) is 11.8. The fourth-order valence-electron chi connectivity index (χ4n) is 4.48. The van der Waals surface area contributed by atoms with Crippen LogP contribution in [0.4, 0.5) is 0 Å². The van der Waals surface area contributed by atoms with Gasteiger partial charge in [-0.15, -0.1) is 11.5 Å². The molecule has 1 rings (SSSR count). The van der Waals surface area contributed by atoms with Crippen molar-refractivity contribution >= 4 is 16.4 Å².